The first-order valence-electron chi connectivity index (χ1n) is 9.89. The molecule has 0 aliphatic carbocycles. The van der Waals surface area contributed by atoms with E-state index in [1.807, 2.05) is 60.7 Å². The maximum atomic E-state index is 11.7. The first-order valence-corrected chi connectivity index (χ1v) is 9.89. The highest BCUT2D eigenvalue weighted by Crippen LogP contribution is 2.30. The molecule has 1 N–H and O–H groups in total. The molecule has 7 heteroatoms. The zero-order chi connectivity index (χ0) is 21.3. The summed E-state index contributed by atoms with van der Waals surface area (Å²) in [7, 11) is 1.50. The molecular weight excluding hydrogens is 388 g/mol. The number of ether oxygens (including phenoxy) is 5. The number of hydrogen-bond donors (Lipinski definition) is 1. The van der Waals surface area contributed by atoms with Gasteiger partial charge in [-0.15, -0.1) is 0 Å². The molecule has 3 rings (SSSR count). The van der Waals surface area contributed by atoms with Gasteiger partial charge in [0.1, 0.15) is 18.3 Å². The Hall–Kier alpha value is -2.29. The fourth-order valence-corrected chi connectivity index (χ4v) is 3.45. The minimum absolute atomic E-state index is 0.281. The van der Waals surface area contributed by atoms with Gasteiger partial charge in [-0.25, -0.2) is 0 Å². The van der Waals surface area contributed by atoms with Crippen molar-refractivity contribution >= 4 is 5.97 Å². The second kappa shape index (κ2) is 11.2. The molecule has 5 atom stereocenters. The van der Waals surface area contributed by atoms with E-state index < -0.39 is 36.7 Å². The Labute approximate surface area is 176 Å². The molecule has 0 amide bonds. The molecule has 30 heavy (non-hydrogen) atoms. The van der Waals surface area contributed by atoms with E-state index in [1.54, 1.807) is 0 Å². The summed E-state index contributed by atoms with van der Waals surface area (Å²) in [5.74, 6) is -0.493. The average molecular weight is 416 g/mol. The van der Waals surface area contributed by atoms with Crippen molar-refractivity contribution in [2.75, 3.05) is 13.7 Å². The first kappa shape index (κ1) is 22.4. The highest BCUT2D eigenvalue weighted by molar-refractivity contribution is 5.66. The van der Waals surface area contributed by atoms with Crippen molar-refractivity contribution in [1.82, 2.24) is 0 Å². The van der Waals surface area contributed by atoms with Crippen molar-refractivity contribution < 1.29 is 33.6 Å². The van der Waals surface area contributed by atoms with Gasteiger partial charge in [0.25, 0.3) is 0 Å². The zero-order valence-electron chi connectivity index (χ0n) is 17.2. The molecule has 7 nitrogen and oxygen atoms in total. The molecule has 0 bridgehead atoms. The van der Waals surface area contributed by atoms with Crippen LogP contribution in [0.4, 0.5) is 0 Å². The predicted molar refractivity (Wildman–Crippen MR) is 108 cm³/mol. The number of carbonyl (C=O) groups excluding carboxylic acids is 1. The van der Waals surface area contributed by atoms with Gasteiger partial charge in [0.05, 0.1) is 19.8 Å². The summed E-state index contributed by atoms with van der Waals surface area (Å²) in [4.78, 5) is 11.7. The Kier molecular flexibility index (Phi) is 8.36. The van der Waals surface area contributed by atoms with Crippen LogP contribution >= 0.6 is 0 Å². The Morgan fingerprint density at radius 1 is 0.900 bits per heavy atom. The van der Waals surface area contributed by atoms with Crippen LogP contribution in [-0.4, -0.2) is 55.5 Å². The lowest BCUT2D eigenvalue weighted by atomic mass is 9.98. The number of hydrogen-bond acceptors (Lipinski definition) is 7. The largest absolute Gasteiger partial charge is 0.457 e. The van der Waals surface area contributed by atoms with Gasteiger partial charge in [0.15, 0.2) is 12.4 Å². The quantitative estimate of drug-likeness (QED) is 0.629. The molecule has 0 radical (unpaired) electrons. The number of aliphatic hydroxyl groups is 1. The van der Waals surface area contributed by atoms with Crippen molar-refractivity contribution in [3.63, 3.8) is 0 Å². The lowest BCUT2D eigenvalue weighted by molar-refractivity contribution is -0.315. The molecular formula is C23H28O7. The predicted octanol–water partition coefficient (Wildman–Crippen LogP) is 2.45. The number of benzene rings is 2. The Morgan fingerprint density at radius 2 is 1.43 bits per heavy atom. The maximum Gasteiger partial charge on any atom is 0.303 e. The molecule has 1 heterocycles. The lowest BCUT2D eigenvalue weighted by Gasteiger charge is -2.44. The second-order valence-electron chi connectivity index (χ2n) is 7.06. The molecule has 2 aromatic carbocycles. The summed E-state index contributed by atoms with van der Waals surface area (Å²) in [5.41, 5.74) is 1.93. The van der Waals surface area contributed by atoms with Crippen LogP contribution in [0.3, 0.4) is 0 Å². The molecule has 0 unspecified atom stereocenters. The molecule has 0 aromatic heterocycles. The maximum absolute atomic E-state index is 11.7. The van der Waals surface area contributed by atoms with Crippen LogP contribution in [0.25, 0.3) is 0 Å². The van der Waals surface area contributed by atoms with Crippen LogP contribution in [0.15, 0.2) is 60.7 Å². The summed E-state index contributed by atoms with van der Waals surface area (Å²) < 4.78 is 29.1. The number of aliphatic hydroxyl groups excluding tert-OH is 1. The smallest absolute Gasteiger partial charge is 0.303 e. The van der Waals surface area contributed by atoms with Crippen molar-refractivity contribution in [3.8, 4) is 0 Å². The van der Waals surface area contributed by atoms with Crippen LogP contribution in [-0.2, 0) is 41.7 Å². The molecule has 1 aliphatic rings. The second-order valence-corrected chi connectivity index (χ2v) is 7.06. The number of carbonyl (C=O) groups is 1. The standard InChI is InChI=1S/C23H28O7/c1-16(25)29-20-19(13-24)30-23(26-2)22(28-15-18-11-7-4-8-12-18)21(20)27-14-17-9-5-3-6-10-17/h3-12,19-24H,13-15H2,1-2H3/t19-,20+,21+,22-,23-/m1/s1. The molecule has 162 valence electrons. The minimum Gasteiger partial charge on any atom is -0.457 e. The highest BCUT2D eigenvalue weighted by atomic mass is 16.7. The fraction of sp³-hybridized carbons (Fsp3) is 0.435. The summed E-state index contributed by atoms with van der Waals surface area (Å²) >= 11 is 0. The van der Waals surface area contributed by atoms with Gasteiger partial charge in [-0.1, -0.05) is 60.7 Å². The van der Waals surface area contributed by atoms with Gasteiger partial charge >= 0.3 is 5.97 Å². The van der Waals surface area contributed by atoms with Crippen molar-refractivity contribution in [2.45, 2.75) is 50.8 Å². The van der Waals surface area contributed by atoms with E-state index in [1.165, 1.54) is 14.0 Å². The number of esters is 1. The molecule has 1 saturated heterocycles. The van der Waals surface area contributed by atoms with Crippen molar-refractivity contribution in [1.29, 1.82) is 0 Å². The van der Waals surface area contributed by atoms with Gasteiger partial charge in [0, 0.05) is 14.0 Å². The van der Waals surface area contributed by atoms with E-state index >= 15 is 0 Å². The monoisotopic (exact) mass is 416 g/mol. The first-order chi connectivity index (χ1) is 14.6. The van der Waals surface area contributed by atoms with Gasteiger partial charge in [-0.05, 0) is 11.1 Å². The van der Waals surface area contributed by atoms with E-state index in [0.29, 0.717) is 6.61 Å². The van der Waals surface area contributed by atoms with E-state index in [4.69, 9.17) is 23.7 Å². The van der Waals surface area contributed by atoms with E-state index in [-0.39, 0.29) is 13.2 Å². The third kappa shape index (κ3) is 5.87. The third-order valence-electron chi connectivity index (χ3n) is 4.88. The molecule has 0 saturated carbocycles. The molecule has 1 aliphatic heterocycles. The summed E-state index contributed by atoms with van der Waals surface area (Å²) in [6, 6.07) is 19.3. The number of methoxy groups -OCH3 is 1. The van der Waals surface area contributed by atoms with E-state index in [9.17, 15) is 9.90 Å². The Bertz CT molecular complexity index is 768. The van der Waals surface area contributed by atoms with Crippen LogP contribution in [0, 0.1) is 0 Å². The van der Waals surface area contributed by atoms with Crippen LogP contribution in [0.5, 0.6) is 0 Å². The van der Waals surface area contributed by atoms with Crippen LogP contribution < -0.4 is 0 Å². The van der Waals surface area contributed by atoms with Gasteiger partial charge in [0.2, 0.25) is 0 Å². The van der Waals surface area contributed by atoms with Crippen molar-refractivity contribution in [3.05, 3.63) is 71.8 Å². The zero-order valence-corrected chi connectivity index (χ0v) is 17.2. The van der Waals surface area contributed by atoms with Gasteiger partial charge < -0.3 is 28.8 Å². The van der Waals surface area contributed by atoms with Gasteiger partial charge in [-0.3, -0.25) is 4.79 Å². The van der Waals surface area contributed by atoms with Crippen molar-refractivity contribution in [2.24, 2.45) is 0 Å². The lowest BCUT2D eigenvalue weighted by Crippen LogP contribution is -2.61. The number of rotatable bonds is 9. The SMILES string of the molecule is CO[C@@H]1O[C@H](CO)[C@H](OC(C)=O)[C@H](OCc2ccccc2)[C@H]1OCc1ccccc1. The minimum atomic E-state index is -0.844. The van der Waals surface area contributed by atoms with Crippen LogP contribution in [0.1, 0.15) is 18.1 Å². The summed E-state index contributed by atoms with van der Waals surface area (Å²) in [6.45, 7) is 1.54. The molecule has 1 fully saturated rings. The highest BCUT2D eigenvalue weighted by Gasteiger charge is 2.49. The topological polar surface area (TPSA) is 83.5 Å². The van der Waals surface area contributed by atoms with Crippen LogP contribution in [0.2, 0.25) is 0 Å². The third-order valence-corrected chi connectivity index (χ3v) is 4.88. The Balaban J connectivity index is 1.83. The van der Waals surface area contributed by atoms with E-state index in [0.717, 1.165) is 11.1 Å². The Morgan fingerprint density at radius 3 is 1.90 bits per heavy atom. The summed E-state index contributed by atoms with van der Waals surface area (Å²) in [5, 5.41) is 9.82. The fourth-order valence-electron chi connectivity index (χ4n) is 3.45. The summed E-state index contributed by atoms with van der Waals surface area (Å²) in [6.07, 6.45) is -3.81. The molecule has 0 spiro atoms. The average Bonchev–Trinajstić information content (AvgIpc) is 2.77. The van der Waals surface area contributed by atoms with Gasteiger partial charge in [-0.2, -0.15) is 0 Å². The van der Waals surface area contributed by atoms with E-state index in [2.05, 4.69) is 0 Å². The normalized spacial score (nSPS) is 26.3. The molecule has 2 aromatic rings.